The van der Waals surface area contributed by atoms with E-state index < -0.39 is 4.92 Å². The topological polar surface area (TPSA) is 142 Å². The molecule has 168 valence electrons. The number of amides is 1. The van der Waals surface area contributed by atoms with Gasteiger partial charge in [0.2, 0.25) is 11.9 Å². The highest BCUT2D eigenvalue weighted by molar-refractivity contribution is 7.99. The number of aromatic nitrogens is 3. The molecule has 2 aromatic carbocycles. The number of methoxy groups -OCH3 is 3. The minimum atomic E-state index is -0.502. The molecule has 3 aromatic rings. The summed E-state index contributed by atoms with van der Waals surface area (Å²) in [7, 11) is 4.47. The summed E-state index contributed by atoms with van der Waals surface area (Å²) in [6.07, 6.45) is 0. The molecule has 12 heteroatoms. The summed E-state index contributed by atoms with van der Waals surface area (Å²) in [6.45, 7) is 0. The van der Waals surface area contributed by atoms with Crippen molar-refractivity contribution in [3.8, 4) is 28.6 Å². The maximum absolute atomic E-state index is 12.2. The highest BCUT2D eigenvalue weighted by Crippen LogP contribution is 2.32. The summed E-state index contributed by atoms with van der Waals surface area (Å²) in [4.78, 5) is 27.1. The normalized spacial score (nSPS) is 10.5. The molecule has 0 saturated heterocycles. The molecule has 0 unspecified atom stereocenters. The molecule has 1 amide bonds. The quantitative estimate of drug-likeness (QED) is 0.345. The maximum Gasteiger partial charge on any atom is 0.311 e. The number of benzene rings is 2. The first-order valence-corrected chi connectivity index (χ1v) is 10.4. The fraction of sp³-hybridized carbons (Fsp3) is 0.250. The van der Waals surface area contributed by atoms with Gasteiger partial charge in [-0.15, -0.1) is 16.9 Å². The molecule has 0 aliphatic rings. The number of aromatic amines is 1. The highest BCUT2D eigenvalue weighted by atomic mass is 32.2. The van der Waals surface area contributed by atoms with Crippen LogP contribution in [0, 0.1) is 10.1 Å². The minimum absolute atomic E-state index is 0.114. The zero-order valence-electron chi connectivity index (χ0n) is 17.6. The standard InChI is InChI=1S/C20H21N5O6S/c1-29-13-5-6-14(17(9-13)31-3)19-22-20(24-23-19)21-18(26)11-32-10-12-4-7-16(30-2)15(8-12)25(27)28/h4-9H,10-11H2,1-3H3,(H2,21,22,23,24,26). The number of nitrogens with one attached hydrogen (secondary N) is 2. The second-order valence-electron chi connectivity index (χ2n) is 6.38. The van der Waals surface area contributed by atoms with Crippen LogP contribution >= 0.6 is 11.8 Å². The molecule has 32 heavy (non-hydrogen) atoms. The third-order valence-corrected chi connectivity index (χ3v) is 5.35. The average molecular weight is 459 g/mol. The van der Waals surface area contributed by atoms with Gasteiger partial charge in [0.1, 0.15) is 11.5 Å². The second-order valence-corrected chi connectivity index (χ2v) is 7.36. The van der Waals surface area contributed by atoms with Crippen LogP contribution in [0.2, 0.25) is 0 Å². The van der Waals surface area contributed by atoms with E-state index >= 15 is 0 Å². The number of thioether (sulfide) groups is 1. The van der Waals surface area contributed by atoms with E-state index in [1.807, 2.05) is 0 Å². The van der Waals surface area contributed by atoms with Gasteiger partial charge < -0.3 is 14.2 Å². The summed E-state index contributed by atoms with van der Waals surface area (Å²) < 4.78 is 15.5. The van der Waals surface area contributed by atoms with Crippen LogP contribution in [0.4, 0.5) is 11.6 Å². The average Bonchev–Trinajstić information content (AvgIpc) is 3.26. The molecular weight excluding hydrogens is 438 g/mol. The number of hydrogen-bond donors (Lipinski definition) is 2. The maximum atomic E-state index is 12.2. The molecule has 0 aliphatic heterocycles. The molecule has 2 N–H and O–H groups in total. The molecule has 0 bridgehead atoms. The van der Waals surface area contributed by atoms with Gasteiger partial charge in [-0.3, -0.25) is 25.3 Å². The van der Waals surface area contributed by atoms with E-state index in [1.54, 1.807) is 31.4 Å². The van der Waals surface area contributed by atoms with Gasteiger partial charge in [0, 0.05) is 17.9 Å². The summed E-state index contributed by atoms with van der Waals surface area (Å²) in [5, 5.41) is 20.5. The number of nitrogens with zero attached hydrogens (tertiary/aromatic N) is 3. The van der Waals surface area contributed by atoms with Crippen molar-refractivity contribution in [1.29, 1.82) is 0 Å². The van der Waals surface area contributed by atoms with E-state index in [0.29, 0.717) is 34.2 Å². The fourth-order valence-corrected chi connectivity index (χ4v) is 3.60. The molecular formula is C20H21N5O6S. The third-order valence-electron chi connectivity index (χ3n) is 4.34. The first kappa shape index (κ1) is 22.9. The fourth-order valence-electron chi connectivity index (χ4n) is 2.82. The molecule has 0 atom stereocenters. The van der Waals surface area contributed by atoms with E-state index in [4.69, 9.17) is 14.2 Å². The monoisotopic (exact) mass is 459 g/mol. The van der Waals surface area contributed by atoms with Gasteiger partial charge in [-0.25, -0.2) is 0 Å². The third kappa shape index (κ3) is 5.46. The van der Waals surface area contributed by atoms with Crippen LogP contribution in [-0.4, -0.2) is 53.1 Å². The van der Waals surface area contributed by atoms with Crippen molar-refractivity contribution in [2.45, 2.75) is 5.75 Å². The SMILES string of the molecule is COc1ccc(-c2nc(NC(=O)CSCc3ccc(OC)c([N+](=O)[O-])c3)n[nH]2)c(OC)c1. The Hall–Kier alpha value is -3.80. The number of carbonyl (C=O) groups is 1. The molecule has 1 aromatic heterocycles. The number of rotatable bonds is 10. The van der Waals surface area contributed by atoms with Crippen LogP contribution in [0.1, 0.15) is 5.56 Å². The van der Waals surface area contributed by atoms with E-state index in [2.05, 4.69) is 20.5 Å². The number of carbonyl (C=O) groups excluding carboxylic acids is 1. The van der Waals surface area contributed by atoms with Gasteiger partial charge in [0.25, 0.3) is 0 Å². The first-order chi connectivity index (χ1) is 15.4. The van der Waals surface area contributed by atoms with Crippen LogP contribution in [0.3, 0.4) is 0 Å². The van der Waals surface area contributed by atoms with E-state index in [1.165, 1.54) is 38.1 Å². The minimum Gasteiger partial charge on any atom is -0.497 e. The van der Waals surface area contributed by atoms with E-state index in [9.17, 15) is 14.9 Å². The van der Waals surface area contributed by atoms with Crippen molar-refractivity contribution in [2.24, 2.45) is 0 Å². The number of H-pyrrole nitrogens is 1. The van der Waals surface area contributed by atoms with Crippen LogP contribution in [0.5, 0.6) is 17.2 Å². The van der Waals surface area contributed by atoms with Gasteiger partial charge in [0.05, 0.1) is 37.6 Å². The smallest absolute Gasteiger partial charge is 0.311 e. The van der Waals surface area contributed by atoms with E-state index in [0.717, 1.165) is 0 Å². The lowest BCUT2D eigenvalue weighted by molar-refractivity contribution is -0.385. The predicted octanol–water partition coefficient (Wildman–Crippen LogP) is 3.28. The Bertz CT molecular complexity index is 1120. The molecule has 0 spiro atoms. The molecule has 0 aliphatic carbocycles. The van der Waals surface area contributed by atoms with Crippen LogP contribution < -0.4 is 19.5 Å². The number of anilines is 1. The molecule has 0 saturated carbocycles. The Morgan fingerprint density at radius 3 is 2.59 bits per heavy atom. The van der Waals surface area contributed by atoms with Gasteiger partial charge in [-0.05, 0) is 23.8 Å². The largest absolute Gasteiger partial charge is 0.497 e. The van der Waals surface area contributed by atoms with E-state index in [-0.39, 0.29) is 29.0 Å². The lowest BCUT2D eigenvalue weighted by atomic mass is 10.2. The Balaban J connectivity index is 1.57. The van der Waals surface area contributed by atoms with Crippen LogP contribution in [0.25, 0.3) is 11.4 Å². The van der Waals surface area contributed by atoms with Crippen molar-refractivity contribution in [1.82, 2.24) is 15.2 Å². The van der Waals surface area contributed by atoms with Crippen molar-refractivity contribution < 1.29 is 23.9 Å². The van der Waals surface area contributed by atoms with Gasteiger partial charge in [-0.1, -0.05) is 6.07 Å². The Labute approximate surface area is 187 Å². The van der Waals surface area contributed by atoms with Crippen LogP contribution in [-0.2, 0) is 10.5 Å². The highest BCUT2D eigenvalue weighted by Gasteiger charge is 2.16. The lowest BCUT2D eigenvalue weighted by Crippen LogP contribution is -2.15. The number of nitro groups is 1. The van der Waals surface area contributed by atoms with Gasteiger partial charge >= 0.3 is 5.69 Å². The van der Waals surface area contributed by atoms with Crippen molar-refractivity contribution in [2.75, 3.05) is 32.4 Å². The number of hydrogen-bond acceptors (Lipinski definition) is 9. The summed E-state index contributed by atoms with van der Waals surface area (Å²) >= 11 is 1.31. The van der Waals surface area contributed by atoms with Gasteiger partial charge in [-0.2, -0.15) is 4.98 Å². The van der Waals surface area contributed by atoms with Crippen molar-refractivity contribution in [3.05, 3.63) is 52.1 Å². The summed E-state index contributed by atoms with van der Waals surface area (Å²) in [5.41, 5.74) is 1.26. The number of nitro benzene ring substituents is 1. The van der Waals surface area contributed by atoms with Crippen molar-refractivity contribution >= 4 is 29.3 Å². The van der Waals surface area contributed by atoms with Gasteiger partial charge in [0.15, 0.2) is 11.6 Å². The zero-order valence-corrected chi connectivity index (χ0v) is 18.4. The molecule has 3 rings (SSSR count). The predicted molar refractivity (Wildman–Crippen MR) is 119 cm³/mol. The lowest BCUT2D eigenvalue weighted by Gasteiger charge is -2.07. The number of ether oxygens (including phenoxy) is 3. The molecule has 1 heterocycles. The molecule has 11 nitrogen and oxygen atoms in total. The molecule has 0 fully saturated rings. The Morgan fingerprint density at radius 1 is 1.12 bits per heavy atom. The first-order valence-electron chi connectivity index (χ1n) is 9.28. The zero-order chi connectivity index (χ0) is 23.1. The summed E-state index contributed by atoms with van der Waals surface area (Å²) in [5.74, 6) is 2.17. The van der Waals surface area contributed by atoms with Crippen molar-refractivity contribution in [3.63, 3.8) is 0 Å². The second kappa shape index (κ2) is 10.5. The molecule has 0 radical (unpaired) electrons. The Kier molecular flexibility index (Phi) is 7.49. The van der Waals surface area contributed by atoms with Crippen LogP contribution in [0.15, 0.2) is 36.4 Å². The summed E-state index contributed by atoms with van der Waals surface area (Å²) in [6, 6.07) is 9.95. The Morgan fingerprint density at radius 2 is 1.91 bits per heavy atom.